The summed E-state index contributed by atoms with van der Waals surface area (Å²) < 4.78 is 5.94. The van der Waals surface area contributed by atoms with E-state index in [2.05, 4.69) is 21.2 Å². The molecule has 0 bridgehead atoms. The fourth-order valence-corrected chi connectivity index (χ4v) is 2.68. The summed E-state index contributed by atoms with van der Waals surface area (Å²) in [5.41, 5.74) is 0.657. The zero-order valence-electron chi connectivity index (χ0n) is 11.8. The van der Waals surface area contributed by atoms with Gasteiger partial charge in [0.15, 0.2) is 5.11 Å². The zero-order valence-corrected chi connectivity index (χ0v) is 14.2. The minimum Gasteiger partial charge on any atom is -0.383 e. The molecule has 0 aliphatic carbocycles. The Morgan fingerprint density at radius 3 is 2.67 bits per heavy atom. The summed E-state index contributed by atoms with van der Waals surface area (Å²) in [5, 5.41) is 7.20. The Kier molecular flexibility index (Phi) is 5.96. The van der Waals surface area contributed by atoms with Crippen LogP contribution in [0.15, 0.2) is 28.7 Å². The van der Waals surface area contributed by atoms with Gasteiger partial charge in [-0.25, -0.2) is 5.01 Å². The van der Waals surface area contributed by atoms with Gasteiger partial charge < -0.3 is 10.1 Å². The first kappa shape index (κ1) is 16.2. The average molecular weight is 372 g/mol. The highest BCUT2D eigenvalue weighted by Gasteiger charge is 2.29. The number of carbonyl (C=O) groups excluding carboxylic acids is 1. The number of hydrogen-bond acceptors (Lipinski definition) is 3. The smallest absolute Gasteiger partial charge is 0.272 e. The van der Waals surface area contributed by atoms with Crippen molar-refractivity contribution in [3.05, 3.63) is 34.3 Å². The maximum atomic E-state index is 12.6. The first-order valence-electron chi connectivity index (χ1n) is 6.75. The Morgan fingerprint density at radius 2 is 2.00 bits per heavy atom. The fraction of sp³-hybridized carbons (Fsp3) is 0.429. The van der Waals surface area contributed by atoms with E-state index < -0.39 is 0 Å². The van der Waals surface area contributed by atoms with Gasteiger partial charge in [-0.1, -0.05) is 15.9 Å². The molecule has 1 fully saturated rings. The molecule has 114 valence electrons. The quantitative estimate of drug-likeness (QED) is 0.647. The number of rotatable bonds is 4. The van der Waals surface area contributed by atoms with E-state index in [0.717, 1.165) is 17.4 Å². The summed E-state index contributed by atoms with van der Waals surface area (Å²) in [6.45, 7) is 2.64. The standard InChI is InChI=1S/C14H18BrN3O2S/c1-20-10-7-16-14(21)18-9-2-8-17(18)13(19)11-3-5-12(15)6-4-11/h3-6H,2,7-10H2,1H3,(H,16,21). The van der Waals surface area contributed by atoms with Crippen molar-refractivity contribution in [3.8, 4) is 0 Å². The van der Waals surface area contributed by atoms with Gasteiger partial charge in [-0.05, 0) is 42.9 Å². The highest BCUT2D eigenvalue weighted by atomic mass is 79.9. The second kappa shape index (κ2) is 7.72. The number of thiocarbonyl (C=S) groups is 1. The summed E-state index contributed by atoms with van der Waals surface area (Å²) in [6, 6.07) is 7.35. The lowest BCUT2D eigenvalue weighted by molar-refractivity contribution is 0.0490. The summed E-state index contributed by atoms with van der Waals surface area (Å²) >= 11 is 8.72. The third kappa shape index (κ3) is 4.15. The Balaban J connectivity index is 2.02. The van der Waals surface area contributed by atoms with Crippen LogP contribution in [-0.2, 0) is 4.74 Å². The molecule has 0 saturated carbocycles. The topological polar surface area (TPSA) is 44.8 Å². The molecule has 1 aliphatic rings. The number of nitrogens with one attached hydrogen (secondary N) is 1. The Hall–Kier alpha value is -1.18. The summed E-state index contributed by atoms with van der Waals surface area (Å²) in [6.07, 6.45) is 0.911. The Labute approximate surface area is 138 Å². The highest BCUT2D eigenvalue weighted by Crippen LogP contribution is 2.17. The van der Waals surface area contributed by atoms with Gasteiger partial charge in [0.05, 0.1) is 6.61 Å². The van der Waals surface area contributed by atoms with E-state index in [9.17, 15) is 4.79 Å². The third-order valence-electron chi connectivity index (χ3n) is 3.17. The van der Waals surface area contributed by atoms with E-state index in [1.54, 1.807) is 12.1 Å². The van der Waals surface area contributed by atoms with Crippen LogP contribution in [0.25, 0.3) is 0 Å². The molecule has 1 heterocycles. The van der Waals surface area contributed by atoms with Crippen molar-refractivity contribution in [1.82, 2.24) is 15.3 Å². The molecule has 1 aromatic rings. The van der Waals surface area contributed by atoms with Crippen LogP contribution in [-0.4, -0.2) is 54.4 Å². The van der Waals surface area contributed by atoms with Crippen molar-refractivity contribution in [2.45, 2.75) is 6.42 Å². The number of hydrogen-bond donors (Lipinski definition) is 1. The summed E-state index contributed by atoms with van der Waals surface area (Å²) in [7, 11) is 1.64. The van der Waals surface area contributed by atoms with Crippen LogP contribution in [0.3, 0.4) is 0 Å². The first-order valence-corrected chi connectivity index (χ1v) is 7.95. The van der Waals surface area contributed by atoms with Crippen molar-refractivity contribution in [3.63, 3.8) is 0 Å². The second-order valence-electron chi connectivity index (χ2n) is 4.64. The molecule has 1 aromatic carbocycles. The van der Waals surface area contributed by atoms with Crippen molar-refractivity contribution >= 4 is 39.2 Å². The van der Waals surface area contributed by atoms with E-state index in [1.165, 1.54) is 0 Å². The molecule has 21 heavy (non-hydrogen) atoms. The molecule has 5 nitrogen and oxygen atoms in total. The fourth-order valence-electron chi connectivity index (χ4n) is 2.13. The lowest BCUT2D eigenvalue weighted by Gasteiger charge is -2.30. The lowest BCUT2D eigenvalue weighted by atomic mass is 10.2. The lowest BCUT2D eigenvalue weighted by Crippen LogP contribution is -2.49. The van der Waals surface area contributed by atoms with Gasteiger partial charge in [0.2, 0.25) is 0 Å². The van der Waals surface area contributed by atoms with Crippen molar-refractivity contribution in [1.29, 1.82) is 0 Å². The SMILES string of the molecule is COCCNC(=S)N1CCCN1C(=O)c1ccc(Br)cc1. The number of benzene rings is 1. The minimum absolute atomic E-state index is 0.0316. The maximum Gasteiger partial charge on any atom is 0.272 e. The largest absolute Gasteiger partial charge is 0.383 e. The summed E-state index contributed by atoms with van der Waals surface area (Å²) in [4.78, 5) is 12.6. The van der Waals surface area contributed by atoms with E-state index in [4.69, 9.17) is 17.0 Å². The molecule has 1 saturated heterocycles. The molecule has 0 spiro atoms. The Bertz CT molecular complexity index is 509. The predicted octanol–water partition coefficient (Wildman–Crippen LogP) is 2.03. The van der Waals surface area contributed by atoms with Crippen LogP contribution in [0.5, 0.6) is 0 Å². The monoisotopic (exact) mass is 371 g/mol. The molecule has 2 rings (SSSR count). The molecule has 1 amide bonds. The molecular weight excluding hydrogens is 354 g/mol. The summed E-state index contributed by atoms with van der Waals surface area (Å²) in [5.74, 6) is -0.0316. The number of amides is 1. The van der Waals surface area contributed by atoms with Gasteiger partial charge in [0.25, 0.3) is 5.91 Å². The predicted molar refractivity (Wildman–Crippen MR) is 89.0 cm³/mol. The van der Waals surface area contributed by atoms with Crippen molar-refractivity contribution < 1.29 is 9.53 Å². The maximum absolute atomic E-state index is 12.6. The van der Waals surface area contributed by atoms with Gasteiger partial charge in [-0.15, -0.1) is 0 Å². The molecule has 7 heteroatoms. The van der Waals surface area contributed by atoms with Crippen LogP contribution >= 0.6 is 28.1 Å². The molecule has 0 unspecified atom stereocenters. The van der Waals surface area contributed by atoms with E-state index in [-0.39, 0.29) is 5.91 Å². The third-order valence-corrected chi connectivity index (χ3v) is 4.06. The van der Waals surface area contributed by atoms with Crippen molar-refractivity contribution in [2.75, 3.05) is 33.4 Å². The van der Waals surface area contributed by atoms with Crippen LogP contribution in [0.1, 0.15) is 16.8 Å². The van der Waals surface area contributed by atoms with Crippen molar-refractivity contribution in [2.24, 2.45) is 0 Å². The number of hydrazine groups is 1. The average Bonchev–Trinajstić information content (AvgIpc) is 2.97. The van der Waals surface area contributed by atoms with E-state index >= 15 is 0 Å². The van der Waals surface area contributed by atoms with Gasteiger partial charge in [0.1, 0.15) is 0 Å². The molecular formula is C14H18BrN3O2S. The first-order chi connectivity index (χ1) is 10.1. The molecule has 1 N–H and O–H groups in total. The van der Waals surface area contributed by atoms with Crippen LogP contribution in [0.4, 0.5) is 0 Å². The van der Waals surface area contributed by atoms with E-state index in [1.807, 2.05) is 29.3 Å². The molecule has 0 atom stereocenters. The number of ether oxygens (including phenoxy) is 1. The number of nitrogens with zero attached hydrogens (tertiary/aromatic N) is 2. The van der Waals surface area contributed by atoms with Crippen LogP contribution in [0, 0.1) is 0 Å². The minimum atomic E-state index is -0.0316. The highest BCUT2D eigenvalue weighted by molar-refractivity contribution is 9.10. The molecule has 1 aliphatic heterocycles. The number of carbonyl (C=O) groups is 1. The van der Waals surface area contributed by atoms with Crippen LogP contribution < -0.4 is 5.32 Å². The van der Waals surface area contributed by atoms with Gasteiger partial charge >= 0.3 is 0 Å². The Morgan fingerprint density at radius 1 is 1.33 bits per heavy atom. The van der Waals surface area contributed by atoms with Gasteiger partial charge in [-0.3, -0.25) is 9.80 Å². The van der Waals surface area contributed by atoms with Gasteiger partial charge in [-0.2, -0.15) is 0 Å². The van der Waals surface area contributed by atoms with Crippen LogP contribution in [0.2, 0.25) is 0 Å². The second-order valence-corrected chi connectivity index (χ2v) is 5.94. The zero-order chi connectivity index (χ0) is 15.2. The molecule has 0 aromatic heterocycles. The van der Waals surface area contributed by atoms with E-state index in [0.29, 0.717) is 30.4 Å². The molecule has 0 radical (unpaired) electrons. The normalized spacial score (nSPS) is 14.4. The number of methoxy groups -OCH3 is 1. The number of halogens is 1. The van der Waals surface area contributed by atoms with Gasteiger partial charge in [0, 0.05) is 36.8 Å².